The number of rotatable bonds is 8. The third-order valence-electron chi connectivity index (χ3n) is 5.64. The molecule has 1 aromatic carbocycles. The number of benzene rings is 1. The fourth-order valence-electron chi connectivity index (χ4n) is 4.15. The quantitative estimate of drug-likeness (QED) is 0.576. The maximum atomic E-state index is 12.9. The van der Waals surface area contributed by atoms with Crippen molar-refractivity contribution in [1.82, 2.24) is 24.9 Å². The highest BCUT2D eigenvalue weighted by molar-refractivity contribution is 5.92. The molecule has 0 spiro atoms. The average Bonchev–Trinajstić information content (AvgIpc) is 3.41. The van der Waals surface area contributed by atoms with Gasteiger partial charge in [0.1, 0.15) is 0 Å². The number of nitrogens with zero attached hydrogens (tertiary/aromatic N) is 4. The van der Waals surface area contributed by atoms with E-state index in [2.05, 4.69) is 39.7 Å². The van der Waals surface area contributed by atoms with Crippen LogP contribution < -0.4 is 0 Å². The van der Waals surface area contributed by atoms with E-state index in [1.807, 2.05) is 24.8 Å². The highest BCUT2D eigenvalue weighted by Crippen LogP contribution is 2.33. The molecule has 160 valence electrons. The lowest BCUT2D eigenvalue weighted by Gasteiger charge is -2.31. The third kappa shape index (κ3) is 4.39. The van der Waals surface area contributed by atoms with Crippen molar-refractivity contribution in [3.05, 3.63) is 47.9 Å². The van der Waals surface area contributed by atoms with Gasteiger partial charge in [0.2, 0.25) is 0 Å². The van der Waals surface area contributed by atoms with Gasteiger partial charge < -0.3 is 19.4 Å². The summed E-state index contributed by atoms with van der Waals surface area (Å²) in [6.45, 7) is 6.79. The molecule has 0 saturated carbocycles. The molecule has 0 unspecified atom stereocenters. The van der Waals surface area contributed by atoms with E-state index in [-0.39, 0.29) is 5.91 Å². The van der Waals surface area contributed by atoms with Crippen molar-refractivity contribution >= 4 is 16.8 Å². The average molecular weight is 412 g/mol. The van der Waals surface area contributed by atoms with Crippen LogP contribution in [0.1, 0.15) is 48.7 Å². The van der Waals surface area contributed by atoms with Crippen LogP contribution in [0.4, 0.5) is 0 Å². The zero-order chi connectivity index (χ0) is 20.9. The van der Waals surface area contributed by atoms with Crippen LogP contribution in [0.2, 0.25) is 0 Å². The summed E-state index contributed by atoms with van der Waals surface area (Å²) in [4.78, 5) is 18.1. The predicted octanol–water partition coefficient (Wildman–Crippen LogP) is 3.18. The molecule has 8 nitrogen and oxygen atoms in total. The van der Waals surface area contributed by atoms with Crippen LogP contribution in [0, 0.1) is 0 Å². The van der Waals surface area contributed by atoms with Crippen molar-refractivity contribution in [2.75, 3.05) is 26.3 Å². The second-order valence-electron chi connectivity index (χ2n) is 7.52. The number of piperidine rings is 1. The van der Waals surface area contributed by atoms with Crippen molar-refractivity contribution in [3.63, 3.8) is 0 Å². The van der Waals surface area contributed by atoms with E-state index in [1.165, 1.54) is 16.5 Å². The number of para-hydroxylation sites is 1. The molecule has 30 heavy (non-hydrogen) atoms. The first-order valence-electron chi connectivity index (χ1n) is 10.7. The minimum absolute atomic E-state index is 0.0667. The van der Waals surface area contributed by atoms with Gasteiger partial charge in [-0.1, -0.05) is 23.4 Å². The Morgan fingerprint density at radius 3 is 2.67 bits per heavy atom. The molecule has 2 aromatic heterocycles. The van der Waals surface area contributed by atoms with Crippen LogP contribution in [0.25, 0.3) is 10.9 Å². The van der Waals surface area contributed by atoms with Gasteiger partial charge in [0.25, 0.3) is 5.91 Å². The third-order valence-corrected chi connectivity index (χ3v) is 5.64. The van der Waals surface area contributed by atoms with Crippen LogP contribution in [0.5, 0.6) is 0 Å². The van der Waals surface area contributed by atoms with Crippen LogP contribution >= 0.6 is 0 Å². The van der Waals surface area contributed by atoms with Gasteiger partial charge in [0.15, 0.2) is 12.0 Å². The maximum absolute atomic E-state index is 12.9. The lowest BCUT2D eigenvalue weighted by molar-refractivity contribution is -0.145. The number of hydrogen-bond acceptors (Lipinski definition) is 5. The Morgan fingerprint density at radius 2 is 1.93 bits per heavy atom. The van der Waals surface area contributed by atoms with Crippen LogP contribution in [-0.4, -0.2) is 63.4 Å². The Hall–Kier alpha value is -2.71. The minimum Gasteiger partial charge on any atom is -0.361 e. The van der Waals surface area contributed by atoms with Gasteiger partial charge in [-0.25, -0.2) is 4.68 Å². The van der Waals surface area contributed by atoms with Gasteiger partial charge in [0, 0.05) is 43.4 Å². The van der Waals surface area contributed by atoms with E-state index in [1.54, 1.807) is 10.9 Å². The summed E-state index contributed by atoms with van der Waals surface area (Å²) in [5.41, 5.74) is 2.88. The molecule has 1 fully saturated rings. The molecule has 0 bridgehead atoms. The minimum atomic E-state index is -0.392. The number of ether oxygens (including phenoxy) is 2. The molecule has 1 aliphatic heterocycles. The summed E-state index contributed by atoms with van der Waals surface area (Å²) in [5.74, 6) is 0.391. The van der Waals surface area contributed by atoms with Crippen LogP contribution in [-0.2, 0) is 16.0 Å². The van der Waals surface area contributed by atoms with E-state index in [0.717, 1.165) is 25.9 Å². The second kappa shape index (κ2) is 9.40. The molecule has 4 rings (SSSR count). The highest BCUT2D eigenvalue weighted by Gasteiger charge is 2.27. The molecule has 1 aliphatic rings. The van der Waals surface area contributed by atoms with Crippen molar-refractivity contribution in [1.29, 1.82) is 0 Å². The molecule has 0 aliphatic carbocycles. The zero-order valence-corrected chi connectivity index (χ0v) is 17.6. The zero-order valence-electron chi connectivity index (χ0n) is 17.6. The first-order chi connectivity index (χ1) is 14.7. The first-order valence-corrected chi connectivity index (χ1v) is 10.7. The molecule has 8 heteroatoms. The maximum Gasteiger partial charge on any atom is 0.276 e. The number of aromatic amines is 1. The van der Waals surface area contributed by atoms with Crippen molar-refractivity contribution in [2.45, 2.75) is 45.4 Å². The number of carbonyl (C=O) groups is 1. The van der Waals surface area contributed by atoms with Crippen molar-refractivity contribution in [2.24, 2.45) is 0 Å². The second-order valence-corrected chi connectivity index (χ2v) is 7.52. The fraction of sp³-hybridized carbons (Fsp3) is 0.500. The molecule has 3 aromatic rings. The van der Waals surface area contributed by atoms with Crippen LogP contribution in [0.3, 0.4) is 0 Å². The van der Waals surface area contributed by atoms with E-state index in [9.17, 15) is 4.79 Å². The van der Waals surface area contributed by atoms with Gasteiger partial charge in [-0.15, -0.1) is 5.10 Å². The molecular formula is C22H29N5O3. The lowest BCUT2D eigenvalue weighted by Crippen LogP contribution is -2.38. The number of carbonyl (C=O) groups excluding carboxylic acids is 1. The van der Waals surface area contributed by atoms with Gasteiger partial charge in [0.05, 0.1) is 12.7 Å². The fourth-order valence-corrected chi connectivity index (χ4v) is 4.15. The summed E-state index contributed by atoms with van der Waals surface area (Å²) < 4.78 is 12.7. The topological polar surface area (TPSA) is 85.3 Å². The van der Waals surface area contributed by atoms with E-state index in [4.69, 9.17) is 9.47 Å². The Kier molecular flexibility index (Phi) is 6.44. The SMILES string of the molecule is CCOC(Cn1cc(C(=O)N2CCC(c3c[nH]c4ccccc34)CC2)nn1)OCC. The summed E-state index contributed by atoms with van der Waals surface area (Å²) in [7, 11) is 0. The number of fused-ring (bicyclic) bond motifs is 1. The van der Waals surface area contributed by atoms with Crippen molar-refractivity contribution in [3.8, 4) is 0 Å². The smallest absolute Gasteiger partial charge is 0.276 e. The molecule has 3 heterocycles. The number of aromatic nitrogens is 4. The number of H-pyrrole nitrogens is 1. The Morgan fingerprint density at radius 1 is 1.20 bits per heavy atom. The highest BCUT2D eigenvalue weighted by atomic mass is 16.7. The van der Waals surface area contributed by atoms with Gasteiger partial charge in [-0.3, -0.25) is 4.79 Å². The number of hydrogen-bond donors (Lipinski definition) is 1. The molecule has 0 radical (unpaired) electrons. The molecule has 1 saturated heterocycles. The lowest BCUT2D eigenvalue weighted by atomic mass is 9.89. The van der Waals surface area contributed by atoms with Crippen LogP contribution in [0.15, 0.2) is 36.7 Å². The molecule has 0 atom stereocenters. The summed E-state index contributed by atoms with van der Waals surface area (Å²) in [6, 6.07) is 8.38. The van der Waals surface area contributed by atoms with E-state index in [0.29, 0.717) is 31.4 Å². The largest absolute Gasteiger partial charge is 0.361 e. The van der Waals surface area contributed by atoms with Crippen molar-refractivity contribution < 1.29 is 14.3 Å². The predicted molar refractivity (Wildman–Crippen MR) is 113 cm³/mol. The van der Waals surface area contributed by atoms with E-state index >= 15 is 0 Å². The monoisotopic (exact) mass is 411 g/mol. The molecule has 1 amide bonds. The Labute approximate surface area is 176 Å². The Bertz CT molecular complexity index is 968. The number of likely N-dealkylation sites (tertiary alicyclic amines) is 1. The van der Waals surface area contributed by atoms with Gasteiger partial charge in [-0.05, 0) is 44.2 Å². The van der Waals surface area contributed by atoms with Gasteiger partial charge in [-0.2, -0.15) is 0 Å². The van der Waals surface area contributed by atoms with E-state index < -0.39 is 6.29 Å². The summed E-state index contributed by atoms with van der Waals surface area (Å²) in [6.07, 6.45) is 5.29. The number of nitrogens with one attached hydrogen (secondary N) is 1. The Balaban J connectivity index is 1.36. The summed E-state index contributed by atoms with van der Waals surface area (Å²) in [5, 5.41) is 9.44. The molecular weight excluding hydrogens is 382 g/mol. The molecule has 1 N–H and O–H groups in total. The number of amides is 1. The van der Waals surface area contributed by atoms with Gasteiger partial charge >= 0.3 is 0 Å². The summed E-state index contributed by atoms with van der Waals surface area (Å²) >= 11 is 0. The normalized spacial score (nSPS) is 15.4. The standard InChI is InChI=1S/C22H29N5O3/c1-3-29-21(30-4-2)15-27-14-20(24-25-27)22(28)26-11-9-16(10-12-26)18-13-23-19-8-6-5-7-17(18)19/h5-8,13-14,16,21,23H,3-4,9-12,15H2,1-2H3. The first kappa shape index (κ1) is 20.6.